The van der Waals surface area contributed by atoms with Crippen LogP contribution in [0.15, 0.2) is 38.0 Å². The number of rotatable bonds is 3. The van der Waals surface area contributed by atoms with Crippen LogP contribution in [0, 0.1) is 20.8 Å². The van der Waals surface area contributed by atoms with Gasteiger partial charge in [-0.05, 0) is 38.5 Å². The number of nitrogens with zero attached hydrogens (tertiary/aromatic N) is 2. The predicted octanol–water partition coefficient (Wildman–Crippen LogP) is 2.98. The van der Waals surface area contributed by atoms with Gasteiger partial charge in [-0.3, -0.25) is 9.59 Å². The highest BCUT2D eigenvalue weighted by Crippen LogP contribution is 2.18. The van der Waals surface area contributed by atoms with Crippen molar-refractivity contribution >= 4 is 16.9 Å². The quantitative estimate of drug-likeness (QED) is 0.739. The lowest BCUT2D eigenvalue weighted by molar-refractivity contribution is 0.0753. The van der Waals surface area contributed by atoms with Crippen molar-refractivity contribution in [3.63, 3.8) is 0 Å². The first-order valence-corrected chi connectivity index (χ1v) is 7.58. The normalized spacial score (nSPS) is 11.0. The van der Waals surface area contributed by atoms with Gasteiger partial charge < -0.3 is 13.8 Å². The summed E-state index contributed by atoms with van der Waals surface area (Å²) in [5.74, 6) is 0.325. The van der Waals surface area contributed by atoms with Gasteiger partial charge in [-0.1, -0.05) is 11.2 Å². The van der Waals surface area contributed by atoms with E-state index in [0.717, 1.165) is 16.8 Å². The van der Waals surface area contributed by atoms with Gasteiger partial charge in [-0.2, -0.15) is 0 Å². The minimum absolute atomic E-state index is 0.0207. The molecule has 2 aromatic heterocycles. The molecule has 124 valence electrons. The molecule has 0 aliphatic carbocycles. The molecule has 0 fully saturated rings. The van der Waals surface area contributed by atoms with Crippen molar-refractivity contribution in [2.45, 2.75) is 27.3 Å². The molecule has 1 amide bonds. The average molecular weight is 326 g/mol. The van der Waals surface area contributed by atoms with E-state index in [-0.39, 0.29) is 17.1 Å². The number of aryl methyl sites for hydroxylation is 3. The van der Waals surface area contributed by atoms with Gasteiger partial charge in [0.25, 0.3) is 5.91 Å². The largest absolute Gasteiger partial charge is 0.451 e. The van der Waals surface area contributed by atoms with Crippen LogP contribution in [0.4, 0.5) is 0 Å². The van der Waals surface area contributed by atoms with Gasteiger partial charge >= 0.3 is 0 Å². The molecule has 0 atom stereocenters. The lowest BCUT2D eigenvalue weighted by Crippen LogP contribution is -2.27. The fourth-order valence-corrected chi connectivity index (χ4v) is 2.59. The van der Waals surface area contributed by atoms with E-state index < -0.39 is 0 Å². The van der Waals surface area contributed by atoms with Crippen LogP contribution in [0.1, 0.15) is 33.1 Å². The third kappa shape index (κ3) is 2.82. The van der Waals surface area contributed by atoms with Gasteiger partial charge in [-0.15, -0.1) is 0 Å². The minimum atomic E-state index is -0.365. The first kappa shape index (κ1) is 16.0. The monoisotopic (exact) mass is 326 g/mol. The molecule has 3 rings (SSSR count). The predicted molar refractivity (Wildman–Crippen MR) is 89.0 cm³/mol. The van der Waals surface area contributed by atoms with Crippen LogP contribution in [0.5, 0.6) is 0 Å². The molecule has 0 aliphatic heterocycles. The molecule has 0 radical (unpaired) electrons. The molecule has 0 saturated carbocycles. The summed E-state index contributed by atoms with van der Waals surface area (Å²) in [6, 6.07) is 6.54. The zero-order valence-corrected chi connectivity index (χ0v) is 14.0. The summed E-state index contributed by atoms with van der Waals surface area (Å²) in [5, 5.41) is 4.34. The fourth-order valence-electron chi connectivity index (χ4n) is 2.59. The fraction of sp³-hybridized carbons (Fsp3) is 0.278. The molecule has 0 spiro atoms. The van der Waals surface area contributed by atoms with Crippen LogP contribution in [0.25, 0.3) is 11.0 Å². The maximum absolute atomic E-state index is 12.6. The van der Waals surface area contributed by atoms with Crippen molar-refractivity contribution in [1.82, 2.24) is 10.1 Å². The lowest BCUT2D eigenvalue weighted by Gasteiger charge is -2.16. The van der Waals surface area contributed by atoms with Crippen molar-refractivity contribution in [1.29, 1.82) is 0 Å². The second kappa shape index (κ2) is 5.96. The van der Waals surface area contributed by atoms with Crippen LogP contribution < -0.4 is 5.43 Å². The molecule has 24 heavy (non-hydrogen) atoms. The molecule has 1 aromatic carbocycles. The van der Waals surface area contributed by atoms with Crippen molar-refractivity contribution < 1.29 is 13.7 Å². The van der Waals surface area contributed by atoms with Crippen LogP contribution in [0.2, 0.25) is 0 Å². The smallest absolute Gasteiger partial charge is 0.289 e. The Morgan fingerprint density at radius 1 is 1.21 bits per heavy atom. The number of fused-ring (bicyclic) bond motifs is 1. The molecular weight excluding hydrogens is 308 g/mol. The first-order chi connectivity index (χ1) is 11.4. The highest BCUT2D eigenvalue weighted by molar-refractivity contribution is 5.93. The number of amides is 1. The van der Waals surface area contributed by atoms with Crippen LogP contribution >= 0.6 is 0 Å². The van der Waals surface area contributed by atoms with Gasteiger partial charge in [0.1, 0.15) is 11.3 Å². The molecule has 0 aliphatic rings. The first-order valence-electron chi connectivity index (χ1n) is 7.58. The third-order valence-electron chi connectivity index (χ3n) is 4.02. The van der Waals surface area contributed by atoms with E-state index in [9.17, 15) is 9.59 Å². The van der Waals surface area contributed by atoms with E-state index in [2.05, 4.69) is 5.16 Å². The summed E-state index contributed by atoms with van der Waals surface area (Å²) in [6.07, 6.45) is 0. The number of benzene rings is 1. The topological polar surface area (TPSA) is 76.6 Å². The Morgan fingerprint density at radius 3 is 2.62 bits per heavy atom. The van der Waals surface area contributed by atoms with E-state index >= 15 is 0 Å². The number of carbonyl (C=O) groups excluding carboxylic acids is 1. The average Bonchev–Trinajstić information content (AvgIpc) is 2.85. The Kier molecular flexibility index (Phi) is 3.97. The Balaban J connectivity index is 1.94. The Morgan fingerprint density at radius 2 is 1.96 bits per heavy atom. The molecule has 6 nitrogen and oxygen atoms in total. The van der Waals surface area contributed by atoms with Gasteiger partial charge in [0, 0.05) is 18.7 Å². The second-order valence-corrected chi connectivity index (χ2v) is 5.94. The molecule has 0 bridgehead atoms. The number of hydrogen-bond donors (Lipinski definition) is 0. The summed E-state index contributed by atoms with van der Waals surface area (Å²) in [7, 11) is 1.65. The number of carbonyl (C=O) groups is 1. The SMILES string of the molecule is Cc1ccc2c(=O)cc(C(=O)N(C)Cc3c(C)noc3C)oc2c1. The van der Waals surface area contributed by atoms with Crippen molar-refractivity contribution in [3.05, 3.63) is 62.8 Å². The van der Waals surface area contributed by atoms with Crippen LogP contribution in [-0.2, 0) is 6.54 Å². The van der Waals surface area contributed by atoms with Gasteiger partial charge in [-0.25, -0.2) is 0 Å². The second-order valence-electron chi connectivity index (χ2n) is 5.94. The Hall–Kier alpha value is -2.89. The molecule has 6 heteroatoms. The van der Waals surface area contributed by atoms with Crippen LogP contribution in [0.3, 0.4) is 0 Å². The third-order valence-corrected chi connectivity index (χ3v) is 4.02. The summed E-state index contributed by atoms with van der Waals surface area (Å²) < 4.78 is 10.8. The van der Waals surface area contributed by atoms with Crippen molar-refractivity contribution in [3.8, 4) is 0 Å². The van der Waals surface area contributed by atoms with Crippen molar-refractivity contribution in [2.75, 3.05) is 7.05 Å². The van der Waals surface area contributed by atoms with E-state index in [1.165, 1.54) is 11.0 Å². The highest BCUT2D eigenvalue weighted by Gasteiger charge is 2.20. The standard InChI is InChI=1S/C18H18N2O4/c1-10-5-6-13-15(21)8-17(23-16(13)7-10)18(22)20(4)9-14-11(2)19-24-12(14)3/h5-8H,9H2,1-4H3. The lowest BCUT2D eigenvalue weighted by atomic mass is 10.1. The molecule has 2 heterocycles. The van der Waals surface area contributed by atoms with Gasteiger partial charge in [0.15, 0.2) is 11.2 Å². The molecular formula is C18H18N2O4. The van der Waals surface area contributed by atoms with E-state index in [0.29, 0.717) is 23.3 Å². The summed E-state index contributed by atoms with van der Waals surface area (Å²) in [5.41, 5.74) is 2.73. The van der Waals surface area contributed by atoms with Crippen LogP contribution in [-0.4, -0.2) is 23.0 Å². The maximum atomic E-state index is 12.6. The molecule has 0 saturated heterocycles. The van der Waals surface area contributed by atoms with Gasteiger partial charge in [0.2, 0.25) is 0 Å². The van der Waals surface area contributed by atoms with Crippen molar-refractivity contribution in [2.24, 2.45) is 0 Å². The summed E-state index contributed by atoms with van der Waals surface area (Å²) in [6.45, 7) is 5.85. The Bertz CT molecular complexity index is 965. The minimum Gasteiger partial charge on any atom is -0.451 e. The zero-order chi connectivity index (χ0) is 17.4. The number of aromatic nitrogens is 1. The van der Waals surface area contributed by atoms with E-state index in [1.54, 1.807) is 26.1 Å². The summed E-state index contributed by atoms with van der Waals surface area (Å²) >= 11 is 0. The highest BCUT2D eigenvalue weighted by atomic mass is 16.5. The summed E-state index contributed by atoms with van der Waals surface area (Å²) in [4.78, 5) is 26.3. The molecule has 0 unspecified atom stereocenters. The molecule has 0 N–H and O–H groups in total. The molecule has 3 aromatic rings. The number of hydrogen-bond acceptors (Lipinski definition) is 5. The van der Waals surface area contributed by atoms with E-state index in [1.807, 2.05) is 19.9 Å². The van der Waals surface area contributed by atoms with Gasteiger partial charge in [0.05, 0.1) is 17.6 Å². The van der Waals surface area contributed by atoms with E-state index in [4.69, 9.17) is 8.94 Å². The Labute approximate surface area is 138 Å². The zero-order valence-electron chi connectivity index (χ0n) is 14.0. The maximum Gasteiger partial charge on any atom is 0.289 e.